The highest BCUT2D eigenvalue weighted by molar-refractivity contribution is 7.15. The normalized spacial score (nSPS) is 16.3. The maximum Gasteiger partial charge on any atom is 0.171 e. The number of hydrogen-bond donors (Lipinski definition) is 1. The molecule has 2 aromatic heterocycles. The van der Waals surface area contributed by atoms with Gasteiger partial charge in [0, 0.05) is 22.6 Å². The molecule has 2 heterocycles. The fourth-order valence-corrected chi connectivity index (χ4v) is 3.38. The molecule has 4 heteroatoms. The number of anilines is 1. The molecule has 0 atom stereocenters. The first-order valence-corrected chi connectivity index (χ1v) is 7.25. The van der Waals surface area contributed by atoms with Crippen LogP contribution in [0, 0.1) is 6.92 Å². The van der Waals surface area contributed by atoms with Crippen molar-refractivity contribution in [2.75, 3.05) is 5.73 Å². The lowest BCUT2D eigenvalue weighted by Crippen LogP contribution is -2.02. The molecule has 0 aromatic carbocycles. The van der Waals surface area contributed by atoms with Gasteiger partial charge in [-0.3, -0.25) is 0 Å². The van der Waals surface area contributed by atoms with Gasteiger partial charge in [0.15, 0.2) is 5.82 Å². The highest BCUT2D eigenvalue weighted by Gasteiger charge is 2.20. The third kappa shape index (κ3) is 2.25. The van der Waals surface area contributed by atoms with Crippen molar-refractivity contribution in [2.45, 2.75) is 38.5 Å². The van der Waals surface area contributed by atoms with E-state index in [0.29, 0.717) is 11.7 Å². The molecule has 0 bridgehead atoms. The summed E-state index contributed by atoms with van der Waals surface area (Å²) < 4.78 is 0. The number of hydrogen-bond acceptors (Lipinski definition) is 4. The Morgan fingerprint density at radius 1 is 1.22 bits per heavy atom. The van der Waals surface area contributed by atoms with Crippen molar-refractivity contribution in [3.05, 3.63) is 28.8 Å². The van der Waals surface area contributed by atoms with Crippen molar-refractivity contribution < 1.29 is 0 Å². The van der Waals surface area contributed by atoms with Crippen molar-refractivity contribution in [3.63, 3.8) is 0 Å². The molecule has 0 spiro atoms. The van der Waals surface area contributed by atoms with E-state index in [1.54, 1.807) is 11.3 Å². The van der Waals surface area contributed by atoms with Crippen molar-refractivity contribution in [3.8, 4) is 10.7 Å². The van der Waals surface area contributed by atoms with E-state index in [4.69, 9.17) is 10.7 Å². The Morgan fingerprint density at radius 2 is 2.00 bits per heavy atom. The van der Waals surface area contributed by atoms with Crippen LogP contribution in [0.15, 0.2) is 18.2 Å². The molecule has 0 radical (unpaired) electrons. The van der Waals surface area contributed by atoms with E-state index in [2.05, 4.69) is 24.0 Å². The van der Waals surface area contributed by atoms with Crippen molar-refractivity contribution in [1.29, 1.82) is 0 Å². The molecule has 0 aliphatic heterocycles. The Morgan fingerprint density at radius 3 is 2.67 bits per heavy atom. The average molecular weight is 259 g/mol. The van der Waals surface area contributed by atoms with Crippen LogP contribution in [-0.4, -0.2) is 9.97 Å². The van der Waals surface area contributed by atoms with Gasteiger partial charge >= 0.3 is 0 Å². The van der Waals surface area contributed by atoms with E-state index in [1.807, 2.05) is 6.07 Å². The summed E-state index contributed by atoms with van der Waals surface area (Å²) in [4.78, 5) is 11.5. The highest BCUT2D eigenvalue weighted by Crippen LogP contribution is 2.35. The van der Waals surface area contributed by atoms with Crippen LogP contribution in [0.4, 0.5) is 5.82 Å². The molecule has 1 saturated carbocycles. The molecule has 2 aromatic rings. The van der Waals surface area contributed by atoms with Crippen LogP contribution in [0.25, 0.3) is 10.7 Å². The quantitative estimate of drug-likeness (QED) is 0.893. The topological polar surface area (TPSA) is 51.8 Å². The minimum absolute atomic E-state index is 0.579. The predicted molar refractivity (Wildman–Crippen MR) is 75.7 cm³/mol. The fourth-order valence-electron chi connectivity index (χ4n) is 2.58. The Kier molecular flexibility index (Phi) is 3.04. The molecule has 2 N–H and O–H groups in total. The number of nitrogen functional groups attached to an aromatic ring is 1. The van der Waals surface area contributed by atoms with Gasteiger partial charge in [-0.1, -0.05) is 12.8 Å². The van der Waals surface area contributed by atoms with Crippen LogP contribution in [0.5, 0.6) is 0 Å². The summed E-state index contributed by atoms with van der Waals surface area (Å²) >= 11 is 1.72. The fraction of sp³-hybridized carbons (Fsp3) is 0.429. The lowest BCUT2D eigenvalue weighted by molar-refractivity contribution is 0.696. The van der Waals surface area contributed by atoms with Gasteiger partial charge in [-0.15, -0.1) is 11.3 Å². The highest BCUT2D eigenvalue weighted by atomic mass is 32.1. The molecule has 0 unspecified atom stereocenters. The summed E-state index contributed by atoms with van der Waals surface area (Å²) in [6.07, 6.45) is 5.09. The van der Waals surface area contributed by atoms with E-state index in [-0.39, 0.29) is 0 Å². The summed E-state index contributed by atoms with van der Waals surface area (Å²) in [6, 6.07) is 6.12. The Labute approximate surface area is 111 Å². The zero-order valence-electron chi connectivity index (χ0n) is 10.5. The Bertz CT molecular complexity index is 556. The standard InChI is InChI=1S/C14H17N3S/c1-9-6-7-12(18-9)14-16-11(8-13(15)17-14)10-4-2-3-5-10/h6-8,10H,2-5H2,1H3,(H2,15,16,17). The third-order valence-corrected chi connectivity index (χ3v) is 4.50. The number of nitrogens with two attached hydrogens (primary N) is 1. The smallest absolute Gasteiger partial charge is 0.171 e. The van der Waals surface area contributed by atoms with Gasteiger partial charge in [-0.25, -0.2) is 9.97 Å². The van der Waals surface area contributed by atoms with Gasteiger partial charge in [0.05, 0.1) is 4.88 Å². The van der Waals surface area contributed by atoms with Crippen molar-refractivity contribution in [1.82, 2.24) is 9.97 Å². The second-order valence-electron chi connectivity index (χ2n) is 4.93. The van der Waals surface area contributed by atoms with E-state index >= 15 is 0 Å². The summed E-state index contributed by atoms with van der Waals surface area (Å²) in [5.74, 6) is 1.96. The van der Waals surface area contributed by atoms with E-state index in [9.17, 15) is 0 Å². The molecule has 1 aliphatic carbocycles. The van der Waals surface area contributed by atoms with Gasteiger partial charge < -0.3 is 5.73 Å². The van der Waals surface area contributed by atoms with Crippen LogP contribution in [0.3, 0.4) is 0 Å². The molecule has 0 amide bonds. The minimum Gasteiger partial charge on any atom is -0.384 e. The number of aryl methyl sites for hydroxylation is 1. The second-order valence-corrected chi connectivity index (χ2v) is 6.22. The zero-order valence-corrected chi connectivity index (χ0v) is 11.3. The number of rotatable bonds is 2. The van der Waals surface area contributed by atoms with Gasteiger partial charge in [0.1, 0.15) is 5.82 Å². The van der Waals surface area contributed by atoms with Crippen LogP contribution in [0.1, 0.15) is 42.2 Å². The lowest BCUT2D eigenvalue weighted by atomic mass is 10.0. The van der Waals surface area contributed by atoms with Crippen molar-refractivity contribution >= 4 is 17.2 Å². The minimum atomic E-state index is 0.579. The number of nitrogens with zero attached hydrogens (tertiary/aromatic N) is 2. The zero-order chi connectivity index (χ0) is 12.5. The van der Waals surface area contributed by atoms with Crippen LogP contribution in [-0.2, 0) is 0 Å². The molecular formula is C14H17N3S. The molecule has 3 rings (SSSR count). The van der Waals surface area contributed by atoms with Gasteiger partial charge in [-0.2, -0.15) is 0 Å². The van der Waals surface area contributed by atoms with Crippen LogP contribution < -0.4 is 5.73 Å². The van der Waals surface area contributed by atoms with E-state index in [0.717, 1.165) is 16.4 Å². The average Bonchev–Trinajstić information content (AvgIpc) is 2.98. The van der Waals surface area contributed by atoms with E-state index in [1.165, 1.54) is 30.6 Å². The molecule has 94 valence electrons. The molecule has 3 nitrogen and oxygen atoms in total. The Hall–Kier alpha value is -1.42. The SMILES string of the molecule is Cc1ccc(-c2nc(N)cc(C3CCCC3)n2)s1. The molecular weight excluding hydrogens is 242 g/mol. The molecule has 1 aliphatic rings. The summed E-state index contributed by atoms with van der Waals surface area (Å²) in [5.41, 5.74) is 7.05. The Balaban J connectivity index is 1.99. The van der Waals surface area contributed by atoms with E-state index < -0.39 is 0 Å². The maximum absolute atomic E-state index is 5.92. The van der Waals surface area contributed by atoms with Gasteiger partial charge in [-0.05, 0) is 31.9 Å². The third-order valence-electron chi connectivity index (χ3n) is 3.50. The number of aromatic nitrogens is 2. The monoisotopic (exact) mass is 259 g/mol. The summed E-state index contributed by atoms with van der Waals surface area (Å²) in [7, 11) is 0. The first kappa shape index (κ1) is 11.7. The van der Waals surface area contributed by atoms with Crippen molar-refractivity contribution in [2.24, 2.45) is 0 Å². The summed E-state index contributed by atoms with van der Waals surface area (Å²) in [6.45, 7) is 2.10. The maximum atomic E-state index is 5.92. The predicted octanol–water partition coefficient (Wildman–Crippen LogP) is 3.75. The molecule has 18 heavy (non-hydrogen) atoms. The first-order chi connectivity index (χ1) is 8.72. The molecule has 0 saturated heterocycles. The molecule has 1 fully saturated rings. The lowest BCUT2D eigenvalue weighted by Gasteiger charge is -2.10. The van der Waals surface area contributed by atoms with Crippen LogP contribution in [0.2, 0.25) is 0 Å². The largest absolute Gasteiger partial charge is 0.384 e. The van der Waals surface area contributed by atoms with Gasteiger partial charge in [0.2, 0.25) is 0 Å². The van der Waals surface area contributed by atoms with Gasteiger partial charge in [0.25, 0.3) is 0 Å². The summed E-state index contributed by atoms with van der Waals surface area (Å²) in [5, 5.41) is 0. The van der Waals surface area contributed by atoms with Crippen LogP contribution >= 0.6 is 11.3 Å². The first-order valence-electron chi connectivity index (χ1n) is 6.43. The number of thiophene rings is 1. The second kappa shape index (κ2) is 4.69.